The zero-order valence-corrected chi connectivity index (χ0v) is 12.7. The second-order valence-corrected chi connectivity index (χ2v) is 5.97. The molecule has 0 radical (unpaired) electrons. The van der Waals surface area contributed by atoms with Crippen LogP contribution in [0.25, 0.3) is 0 Å². The van der Waals surface area contributed by atoms with Crippen LogP contribution < -0.4 is 5.32 Å². The molecule has 3 N–H and O–H groups in total. The largest absolute Gasteiger partial charge is 0.508 e. The molecule has 1 aromatic carbocycles. The molecule has 2 unspecified atom stereocenters. The quantitative estimate of drug-likeness (QED) is 0.783. The Balaban J connectivity index is 2.08. The Kier molecular flexibility index (Phi) is 5.02. The fourth-order valence-corrected chi connectivity index (χ4v) is 3.10. The van der Waals surface area contributed by atoms with Crippen molar-refractivity contribution in [2.45, 2.75) is 26.9 Å². The van der Waals surface area contributed by atoms with Crippen LogP contribution in [0.3, 0.4) is 0 Å². The van der Waals surface area contributed by atoms with Crippen LogP contribution >= 0.6 is 0 Å². The van der Waals surface area contributed by atoms with Crippen LogP contribution in [0.5, 0.6) is 5.75 Å². The maximum Gasteiger partial charge on any atom is 0.116 e. The third-order valence-electron chi connectivity index (χ3n) is 4.17. The average molecular weight is 278 g/mol. The number of rotatable bonds is 4. The second kappa shape index (κ2) is 6.57. The lowest BCUT2D eigenvalue weighted by Gasteiger charge is -2.32. The van der Waals surface area contributed by atoms with Crippen LogP contribution in [0.1, 0.15) is 29.7 Å². The van der Waals surface area contributed by atoms with Crippen molar-refractivity contribution in [2.75, 3.05) is 32.7 Å². The first-order chi connectivity index (χ1) is 9.49. The van der Waals surface area contributed by atoms with E-state index in [-0.39, 0.29) is 11.7 Å². The summed E-state index contributed by atoms with van der Waals surface area (Å²) in [6.07, 6.45) is -0.481. The van der Waals surface area contributed by atoms with Crippen molar-refractivity contribution in [3.8, 4) is 5.75 Å². The summed E-state index contributed by atoms with van der Waals surface area (Å²) in [6, 6.07) is 3.45. The number of aromatic hydroxyl groups is 1. The minimum Gasteiger partial charge on any atom is -0.508 e. The zero-order valence-electron chi connectivity index (χ0n) is 12.7. The molecule has 20 heavy (non-hydrogen) atoms. The van der Waals surface area contributed by atoms with Gasteiger partial charge in [0.1, 0.15) is 5.75 Å². The monoisotopic (exact) mass is 278 g/mol. The normalized spacial score (nSPS) is 19.8. The van der Waals surface area contributed by atoms with Gasteiger partial charge in [0.05, 0.1) is 6.10 Å². The molecule has 1 aliphatic heterocycles. The van der Waals surface area contributed by atoms with Gasteiger partial charge >= 0.3 is 0 Å². The summed E-state index contributed by atoms with van der Waals surface area (Å²) in [5.74, 6) is 0.445. The third kappa shape index (κ3) is 3.51. The van der Waals surface area contributed by atoms with Gasteiger partial charge in [-0.25, -0.2) is 0 Å². The number of aliphatic hydroxyl groups excluding tert-OH is 1. The first-order valence-corrected chi connectivity index (χ1v) is 7.40. The molecule has 4 nitrogen and oxygen atoms in total. The number of nitrogens with one attached hydrogen (secondary N) is 1. The fraction of sp³-hybridized carbons (Fsp3) is 0.625. The average Bonchev–Trinajstić information content (AvgIpc) is 2.38. The van der Waals surface area contributed by atoms with E-state index >= 15 is 0 Å². The molecule has 1 saturated heterocycles. The van der Waals surface area contributed by atoms with Crippen LogP contribution in [0, 0.1) is 19.8 Å². The number of phenols is 1. The topological polar surface area (TPSA) is 55.7 Å². The lowest BCUT2D eigenvalue weighted by Crippen LogP contribution is -2.45. The molecule has 0 aliphatic carbocycles. The second-order valence-electron chi connectivity index (χ2n) is 5.97. The van der Waals surface area contributed by atoms with Crippen LogP contribution in [-0.2, 0) is 0 Å². The van der Waals surface area contributed by atoms with Crippen molar-refractivity contribution in [2.24, 2.45) is 5.92 Å². The Morgan fingerprint density at radius 1 is 1.20 bits per heavy atom. The smallest absolute Gasteiger partial charge is 0.116 e. The number of nitrogens with zero attached hydrogens (tertiary/aromatic N) is 1. The van der Waals surface area contributed by atoms with Gasteiger partial charge in [-0.3, -0.25) is 0 Å². The van der Waals surface area contributed by atoms with Gasteiger partial charge in [0, 0.05) is 32.7 Å². The van der Waals surface area contributed by atoms with Crippen molar-refractivity contribution >= 4 is 0 Å². The molecule has 0 spiro atoms. The summed E-state index contributed by atoms with van der Waals surface area (Å²) in [5, 5.41) is 23.6. The van der Waals surface area contributed by atoms with E-state index in [2.05, 4.69) is 17.1 Å². The molecule has 1 fully saturated rings. The third-order valence-corrected chi connectivity index (χ3v) is 4.17. The van der Waals surface area contributed by atoms with E-state index < -0.39 is 6.10 Å². The van der Waals surface area contributed by atoms with E-state index in [0.717, 1.165) is 49.4 Å². The molecule has 4 heteroatoms. The lowest BCUT2D eigenvalue weighted by molar-refractivity contribution is 0.0832. The van der Waals surface area contributed by atoms with Gasteiger partial charge < -0.3 is 20.4 Å². The Labute approximate surface area is 121 Å². The Morgan fingerprint density at radius 2 is 1.75 bits per heavy atom. The number of aliphatic hydroxyl groups is 1. The molecule has 2 atom stereocenters. The van der Waals surface area contributed by atoms with Gasteiger partial charge in [0.25, 0.3) is 0 Å². The molecule has 1 aliphatic rings. The van der Waals surface area contributed by atoms with E-state index in [9.17, 15) is 10.2 Å². The van der Waals surface area contributed by atoms with Crippen molar-refractivity contribution in [3.05, 3.63) is 28.8 Å². The summed E-state index contributed by atoms with van der Waals surface area (Å²) in [7, 11) is 0. The first-order valence-electron chi connectivity index (χ1n) is 7.40. The number of phenolic OH excluding ortho intramolecular Hbond substituents is 1. The molecule has 1 heterocycles. The summed E-state index contributed by atoms with van der Waals surface area (Å²) in [5.41, 5.74) is 2.88. The van der Waals surface area contributed by atoms with Crippen molar-refractivity contribution in [1.29, 1.82) is 0 Å². The Hall–Kier alpha value is -1.10. The number of hydrogen-bond donors (Lipinski definition) is 3. The van der Waals surface area contributed by atoms with Crippen molar-refractivity contribution < 1.29 is 10.2 Å². The maximum atomic E-state index is 10.6. The van der Waals surface area contributed by atoms with Crippen LogP contribution in [-0.4, -0.2) is 47.8 Å². The van der Waals surface area contributed by atoms with Gasteiger partial charge in [-0.2, -0.15) is 0 Å². The predicted octanol–water partition coefficient (Wildman–Crippen LogP) is 1.58. The highest BCUT2D eigenvalue weighted by molar-refractivity contribution is 5.41. The summed E-state index contributed by atoms with van der Waals surface area (Å²) >= 11 is 0. The maximum absolute atomic E-state index is 10.6. The van der Waals surface area contributed by atoms with E-state index in [4.69, 9.17) is 0 Å². The molecule has 1 aromatic rings. The zero-order chi connectivity index (χ0) is 14.7. The number of aryl methyl sites for hydroxylation is 2. The highest BCUT2D eigenvalue weighted by Gasteiger charge is 2.23. The summed E-state index contributed by atoms with van der Waals surface area (Å²) in [6.45, 7) is 11.0. The molecule has 0 bridgehead atoms. The van der Waals surface area contributed by atoms with Gasteiger partial charge in [-0.05, 0) is 48.6 Å². The van der Waals surface area contributed by atoms with Crippen molar-refractivity contribution in [3.63, 3.8) is 0 Å². The van der Waals surface area contributed by atoms with Gasteiger partial charge in [-0.1, -0.05) is 6.92 Å². The highest BCUT2D eigenvalue weighted by atomic mass is 16.3. The minimum absolute atomic E-state index is 0.176. The van der Waals surface area contributed by atoms with Crippen LogP contribution in [0.4, 0.5) is 0 Å². The van der Waals surface area contributed by atoms with E-state index in [1.54, 1.807) is 12.1 Å². The van der Waals surface area contributed by atoms with Gasteiger partial charge in [0.2, 0.25) is 0 Å². The first kappa shape index (κ1) is 15.3. The SMILES string of the molecule is Cc1cc(O)cc(C)c1C(O)C(C)CN1CCNCC1. The Bertz CT molecular complexity index is 433. The van der Waals surface area contributed by atoms with E-state index in [1.807, 2.05) is 13.8 Å². The lowest BCUT2D eigenvalue weighted by atomic mass is 9.90. The van der Waals surface area contributed by atoms with E-state index in [1.165, 1.54) is 0 Å². The van der Waals surface area contributed by atoms with Crippen LogP contribution in [0.15, 0.2) is 12.1 Å². The minimum atomic E-state index is -0.481. The van der Waals surface area contributed by atoms with Gasteiger partial charge in [-0.15, -0.1) is 0 Å². The molecule has 112 valence electrons. The van der Waals surface area contributed by atoms with Gasteiger partial charge in [0.15, 0.2) is 0 Å². The number of hydrogen-bond acceptors (Lipinski definition) is 4. The Morgan fingerprint density at radius 3 is 2.30 bits per heavy atom. The molecular weight excluding hydrogens is 252 g/mol. The standard InChI is InChI=1S/C16H26N2O2/c1-11-8-14(19)9-12(2)15(11)16(20)13(3)10-18-6-4-17-5-7-18/h8-9,13,16-17,19-20H,4-7,10H2,1-3H3. The van der Waals surface area contributed by atoms with Crippen LogP contribution in [0.2, 0.25) is 0 Å². The molecule has 2 rings (SSSR count). The fourth-order valence-electron chi connectivity index (χ4n) is 3.10. The van der Waals surface area contributed by atoms with Crippen molar-refractivity contribution in [1.82, 2.24) is 10.2 Å². The molecule has 0 saturated carbocycles. The summed E-state index contributed by atoms with van der Waals surface area (Å²) in [4.78, 5) is 2.40. The highest BCUT2D eigenvalue weighted by Crippen LogP contribution is 2.31. The van der Waals surface area contributed by atoms with E-state index in [0.29, 0.717) is 0 Å². The summed E-state index contributed by atoms with van der Waals surface area (Å²) < 4.78 is 0. The molecular formula is C16H26N2O2. The molecule has 0 aromatic heterocycles. The molecule has 0 amide bonds. The number of benzene rings is 1. The predicted molar refractivity (Wildman–Crippen MR) is 81.0 cm³/mol. The number of piperazine rings is 1.